The second kappa shape index (κ2) is 9.56. The first-order chi connectivity index (χ1) is 8.56. The van der Waals surface area contributed by atoms with Crippen LogP contribution in [0, 0.1) is 0 Å². The summed E-state index contributed by atoms with van der Waals surface area (Å²) in [6.45, 7) is 10.1. The smallest absolute Gasteiger partial charge is 0.236 e. The van der Waals surface area contributed by atoms with Crippen LogP contribution in [0.1, 0.15) is 40.0 Å². The van der Waals surface area contributed by atoms with Crippen LogP contribution < -0.4 is 5.32 Å². The van der Waals surface area contributed by atoms with Crippen molar-refractivity contribution in [2.24, 2.45) is 0 Å². The van der Waals surface area contributed by atoms with Crippen molar-refractivity contribution < 1.29 is 4.79 Å². The molecule has 5 heteroatoms. The highest BCUT2D eigenvalue weighted by Crippen LogP contribution is 2.13. The summed E-state index contributed by atoms with van der Waals surface area (Å²) in [6.07, 6.45) is 3.44. The van der Waals surface area contributed by atoms with Crippen LogP contribution in [0.5, 0.6) is 0 Å². The molecule has 0 unspecified atom stereocenters. The number of carbonyl (C=O) groups excluding carboxylic acids is 1. The molecule has 0 aromatic heterocycles. The summed E-state index contributed by atoms with van der Waals surface area (Å²) in [5.41, 5.74) is 0. The fourth-order valence-corrected chi connectivity index (χ4v) is 2.42. The fraction of sp³-hybridized carbons (Fsp3) is 0.929. The number of piperidine rings is 1. The largest absolute Gasteiger partial charge is 0.342 e. The summed E-state index contributed by atoms with van der Waals surface area (Å²) in [6, 6.07) is 0.865. The molecule has 1 rings (SSSR count). The summed E-state index contributed by atoms with van der Waals surface area (Å²) >= 11 is 0. The van der Waals surface area contributed by atoms with Gasteiger partial charge in [0.15, 0.2) is 0 Å². The van der Waals surface area contributed by atoms with Gasteiger partial charge in [0.1, 0.15) is 0 Å². The van der Waals surface area contributed by atoms with Gasteiger partial charge in [-0.2, -0.15) is 0 Å². The molecule has 1 heterocycles. The Labute approximate surface area is 124 Å². The van der Waals surface area contributed by atoms with Crippen LogP contribution in [-0.4, -0.2) is 61.0 Å². The van der Waals surface area contributed by atoms with Gasteiger partial charge in [0.2, 0.25) is 5.91 Å². The number of nitrogens with one attached hydrogen (secondary N) is 1. The molecule has 1 N–H and O–H groups in total. The van der Waals surface area contributed by atoms with Crippen molar-refractivity contribution in [3.8, 4) is 0 Å². The number of halogens is 1. The molecule has 1 amide bonds. The van der Waals surface area contributed by atoms with Crippen LogP contribution in [-0.2, 0) is 4.79 Å². The number of hydrogen-bond donors (Lipinski definition) is 1. The van der Waals surface area contributed by atoms with Gasteiger partial charge in [0.25, 0.3) is 0 Å². The molecular weight excluding hydrogens is 262 g/mol. The van der Waals surface area contributed by atoms with Gasteiger partial charge >= 0.3 is 0 Å². The highest BCUT2D eigenvalue weighted by molar-refractivity contribution is 5.85. The quantitative estimate of drug-likeness (QED) is 0.810. The number of rotatable bonds is 6. The number of amides is 1. The van der Waals surface area contributed by atoms with E-state index in [9.17, 15) is 4.79 Å². The van der Waals surface area contributed by atoms with Crippen molar-refractivity contribution >= 4 is 18.3 Å². The lowest BCUT2D eigenvalue weighted by Crippen LogP contribution is -2.48. The molecule has 1 saturated heterocycles. The molecule has 19 heavy (non-hydrogen) atoms. The summed E-state index contributed by atoms with van der Waals surface area (Å²) < 4.78 is 0. The molecule has 0 atom stereocenters. The fourth-order valence-electron chi connectivity index (χ4n) is 2.42. The molecular formula is C14H30ClN3O. The van der Waals surface area contributed by atoms with E-state index in [1.165, 1.54) is 12.8 Å². The van der Waals surface area contributed by atoms with Crippen LogP contribution in [0.3, 0.4) is 0 Å². The minimum atomic E-state index is 0. The Kier molecular flexibility index (Phi) is 9.40. The standard InChI is InChI=1S/C14H29N3O.ClH/c1-5-10-17(13-6-8-15-9-7-13)11-14(18)16(4)12(2)3;/h12-13,15H,5-11H2,1-4H3;1H. The summed E-state index contributed by atoms with van der Waals surface area (Å²) in [4.78, 5) is 16.4. The maximum atomic E-state index is 12.2. The number of nitrogens with zero attached hydrogens (tertiary/aromatic N) is 2. The van der Waals surface area contributed by atoms with Gasteiger partial charge in [-0.1, -0.05) is 6.92 Å². The van der Waals surface area contributed by atoms with Gasteiger partial charge in [-0.15, -0.1) is 12.4 Å². The molecule has 0 saturated carbocycles. The van der Waals surface area contributed by atoms with E-state index in [0.29, 0.717) is 12.6 Å². The van der Waals surface area contributed by atoms with Crippen molar-refractivity contribution in [2.75, 3.05) is 33.2 Å². The summed E-state index contributed by atoms with van der Waals surface area (Å²) in [5, 5.41) is 3.38. The van der Waals surface area contributed by atoms with Crippen LogP contribution in [0.25, 0.3) is 0 Å². The van der Waals surface area contributed by atoms with Crippen molar-refractivity contribution in [3.05, 3.63) is 0 Å². The lowest BCUT2D eigenvalue weighted by atomic mass is 10.0. The molecule has 0 aliphatic carbocycles. The van der Waals surface area contributed by atoms with E-state index in [2.05, 4.69) is 31.0 Å². The molecule has 0 bridgehead atoms. The highest BCUT2D eigenvalue weighted by Gasteiger charge is 2.23. The molecule has 1 fully saturated rings. The zero-order valence-electron chi connectivity index (χ0n) is 12.8. The Hall–Kier alpha value is -0.320. The van der Waals surface area contributed by atoms with Crippen LogP contribution in [0.4, 0.5) is 0 Å². The van der Waals surface area contributed by atoms with Gasteiger partial charge < -0.3 is 10.2 Å². The Morgan fingerprint density at radius 3 is 2.37 bits per heavy atom. The lowest BCUT2D eigenvalue weighted by Gasteiger charge is -2.35. The third kappa shape index (κ3) is 6.11. The maximum Gasteiger partial charge on any atom is 0.236 e. The average molecular weight is 292 g/mol. The second-order valence-corrected chi connectivity index (χ2v) is 5.55. The zero-order chi connectivity index (χ0) is 13.5. The molecule has 1 aliphatic heterocycles. The topological polar surface area (TPSA) is 35.6 Å². The van der Waals surface area contributed by atoms with Crippen LogP contribution >= 0.6 is 12.4 Å². The normalized spacial score (nSPS) is 16.5. The first-order valence-corrected chi connectivity index (χ1v) is 7.26. The highest BCUT2D eigenvalue weighted by atomic mass is 35.5. The predicted octanol–water partition coefficient (Wildman–Crippen LogP) is 1.74. The molecule has 0 aromatic rings. The van der Waals surface area contributed by atoms with Crippen molar-refractivity contribution in [1.29, 1.82) is 0 Å². The first-order valence-electron chi connectivity index (χ1n) is 7.26. The SMILES string of the molecule is CCCN(CC(=O)N(C)C(C)C)C1CCNCC1.Cl. The second-order valence-electron chi connectivity index (χ2n) is 5.55. The van der Waals surface area contributed by atoms with E-state index in [1.54, 1.807) is 0 Å². The minimum absolute atomic E-state index is 0. The van der Waals surface area contributed by atoms with E-state index >= 15 is 0 Å². The van der Waals surface area contributed by atoms with Crippen LogP contribution in [0.2, 0.25) is 0 Å². The lowest BCUT2D eigenvalue weighted by molar-refractivity contribution is -0.133. The predicted molar refractivity (Wildman–Crippen MR) is 82.9 cm³/mol. The summed E-state index contributed by atoms with van der Waals surface area (Å²) in [7, 11) is 1.90. The number of hydrogen-bond acceptors (Lipinski definition) is 3. The molecule has 114 valence electrons. The van der Waals surface area contributed by atoms with E-state index in [-0.39, 0.29) is 24.4 Å². The van der Waals surface area contributed by atoms with Crippen molar-refractivity contribution in [3.63, 3.8) is 0 Å². The van der Waals surface area contributed by atoms with E-state index in [1.807, 2.05) is 11.9 Å². The molecule has 0 aromatic carbocycles. The Balaban J connectivity index is 0.00000324. The molecule has 0 radical (unpaired) electrons. The number of carbonyl (C=O) groups is 1. The van der Waals surface area contributed by atoms with Crippen molar-refractivity contribution in [2.45, 2.75) is 52.1 Å². The number of likely N-dealkylation sites (N-methyl/N-ethyl adjacent to an activating group) is 1. The Morgan fingerprint density at radius 1 is 1.32 bits per heavy atom. The summed E-state index contributed by atoms with van der Waals surface area (Å²) in [5.74, 6) is 0.247. The van der Waals surface area contributed by atoms with Crippen molar-refractivity contribution in [1.82, 2.24) is 15.1 Å². The zero-order valence-corrected chi connectivity index (χ0v) is 13.6. The maximum absolute atomic E-state index is 12.2. The van der Waals surface area contributed by atoms with Gasteiger partial charge in [0, 0.05) is 19.1 Å². The van der Waals surface area contributed by atoms with Gasteiger partial charge in [-0.05, 0) is 52.7 Å². The molecule has 4 nitrogen and oxygen atoms in total. The third-order valence-electron chi connectivity index (χ3n) is 3.84. The van der Waals surface area contributed by atoms with Gasteiger partial charge in [0.05, 0.1) is 6.54 Å². The molecule has 1 aliphatic rings. The average Bonchev–Trinajstić information content (AvgIpc) is 2.38. The Bertz CT molecular complexity index is 255. The van der Waals surface area contributed by atoms with E-state index in [4.69, 9.17) is 0 Å². The minimum Gasteiger partial charge on any atom is -0.342 e. The van der Waals surface area contributed by atoms with Gasteiger partial charge in [-0.3, -0.25) is 9.69 Å². The monoisotopic (exact) mass is 291 g/mol. The first kappa shape index (κ1) is 18.7. The van der Waals surface area contributed by atoms with E-state index in [0.717, 1.165) is 26.1 Å². The molecule has 0 spiro atoms. The third-order valence-corrected chi connectivity index (χ3v) is 3.84. The van der Waals surface area contributed by atoms with E-state index < -0.39 is 0 Å². The Morgan fingerprint density at radius 2 is 1.89 bits per heavy atom. The van der Waals surface area contributed by atoms with Gasteiger partial charge in [-0.25, -0.2) is 0 Å². The van der Waals surface area contributed by atoms with Crippen LogP contribution in [0.15, 0.2) is 0 Å².